The summed E-state index contributed by atoms with van der Waals surface area (Å²) in [4.78, 5) is 171. The van der Waals surface area contributed by atoms with Crippen molar-refractivity contribution in [3.8, 4) is 0 Å². The smallest absolute Gasteiger partial charge is 0.305 e. The molecule has 3 aliphatic heterocycles. The van der Waals surface area contributed by atoms with Gasteiger partial charge in [0.2, 0.25) is 59.1 Å². The minimum atomic E-state index is -1.90. The van der Waals surface area contributed by atoms with Crippen LogP contribution in [-0.2, 0) is 70.4 Å². The topological polar surface area (TPSA) is 368 Å². The number of nitrogens with zero attached hydrogens (tertiary/aromatic N) is 2. The molecule has 0 aromatic heterocycles. The van der Waals surface area contributed by atoms with Gasteiger partial charge in [0.25, 0.3) is 0 Å². The van der Waals surface area contributed by atoms with Gasteiger partial charge in [-0.05, 0) is 74.3 Å². The monoisotopic (exact) mass is 1140 g/mol. The Hall–Kier alpha value is -7.96. The van der Waals surface area contributed by atoms with Crippen LogP contribution in [0.5, 0.6) is 0 Å². The highest BCUT2D eigenvalue weighted by molar-refractivity contribution is 6.01. The van der Waals surface area contributed by atoms with E-state index in [9.17, 15) is 72.9 Å². The molecule has 0 aliphatic carbocycles. The van der Waals surface area contributed by atoms with Crippen molar-refractivity contribution in [3.05, 3.63) is 71.8 Å². The minimum absolute atomic E-state index is 0.00375. The van der Waals surface area contributed by atoms with Crippen LogP contribution < -0.4 is 42.5 Å². The zero-order chi connectivity index (χ0) is 60.5. The number of fused-ring (bicyclic) bond motifs is 2. The molecule has 10 amide bonds. The van der Waals surface area contributed by atoms with Crippen molar-refractivity contribution in [2.75, 3.05) is 13.1 Å². The fraction of sp³-hybridized carbons (Fsp3) is 0.579. The molecule has 3 saturated heterocycles. The Morgan fingerprint density at radius 1 is 0.451 bits per heavy atom. The number of carbonyl (C=O) groups is 12. The molecule has 3 fully saturated rings. The quantitative estimate of drug-likeness (QED) is 0.113. The molecule has 0 radical (unpaired) electrons. The van der Waals surface area contributed by atoms with Gasteiger partial charge in [0.1, 0.15) is 60.4 Å². The van der Waals surface area contributed by atoms with Gasteiger partial charge < -0.3 is 67.7 Å². The normalized spacial score (nSPS) is 26.8. The first kappa shape index (κ1) is 64.9. The van der Waals surface area contributed by atoms with Crippen molar-refractivity contribution in [1.29, 1.82) is 0 Å². The van der Waals surface area contributed by atoms with Crippen LogP contribution >= 0.6 is 0 Å². The lowest BCUT2D eigenvalue weighted by Crippen LogP contribution is -2.62. The zero-order valence-corrected chi connectivity index (χ0v) is 47.5. The number of aliphatic hydroxyl groups is 1. The highest BCUT2D eigenvalue weighted by Crippen LogP contribution is 2.23. The Labute approximate surface area is 476 Å². The van der Waals surface area contributed by atoms with E-state index in [1.165, 1.54) is 9.80 Å². The molecular weight excluding hydrogens is 1060 g/mol. The van der Waals surface area contributed by atoms with Gasteiger partial charge >= 0.3 is 11.9 Å². The number of rotatable bonds is 14. The van der Waals surface area contributed by atoms with E-state index in [-0.39, 0.29) is 69.9 Å². The van der Waals surface area contributed by atoms with Crippen molar-refractivity contribution in [2.45, 2.75) is 179 Å². The fourth-order valence-electron chi connectivity index (χ4n) is 10.3. The molecular formula is C57H80N10O15. The summed E-state index contributed by atoms with van der Waals surface area (Å²) in [6, 6.07) is 2.06. The molecule has 5 rings (SSSR count). The van der Waals surface area contributed by atoms with Crippen molar-refractivity contribution < 1.29 is 72.9 Å². The lowest BCUT2D eigenvalue weighted by molar-refractivity contribution is -0.144. The molecule has 0 saturated carbocycles. The predicted molar refractivity (Wildman–Crippen MR) is 295 cm³/mol. The highest BCUT2D eigenvalue weighted by Gasteiger charge is 2.44. The number of amides is 10. The third kappa shape index (κ3) is 18.5. The predicted octanol–water partition coefficient (Wildman–Crippen LogP) is -0.576. The number of nitrogens with one attached hydrogen (secondary N) is 8. The Bertz CT molecular complexity index is 2460. The first-order valence-electron chi connectivity index (χ1n) is 28.0. The average Bonchev–Trinajstić information content (AvgIpc) is 4.24. The van der Waals surface area contributed by atoms with Crippen LogP contribution in [0.2, 0.25) is 0 Å². The maximum absolute atomic E-state index is 14.8. The SMILES string of the molecule is CC(C)C[C@@H]1NC(=O)[C@H](CC(=O)O)NC(=O)[C@H]([C@@H](C)O)NC(=O)[C@@H]2CCCN2C(=O)[C@@H](Cc2ccccc2)NC(=O)[C@H](CC(C)C)NC(=O)[C@H](CC(=O)O)NC(=O)[C@H](C(C)C)NC(=O)[C@@H]2CCCN2C(=O)[C@@H](Cc2ccccc2)NC1=O. The highest BCUT2D eigenvalue weighted by atomic mass is 16.4. The summed E-state index contributed by atoms with van der Waals surface area (Å²) in [6.45, 7) is 11.4. The van der Waals surface area contributed by atoms with E-state index >= 15 is 0 Å². The number of aliphatic hydroxyl groups excluding tert-OH is 1. The maximum atomic E-state index is 14.8. The van der Waals surface area contributed by atoms with Gasteiger partial charge in [0.05, 0.1) is 18.9 Å². The summed E-state index contributed by atoms with van der Waals surface area (Å²) in [5, 5.41) is 51.3. The third-order valence-electron chi connectivity index (χ3n) is 14.5. The van der Waals surface area contributed by atoms with E-state index < -0.39 is 156 Å². The van der Waals surface area contributed by atoms with Gasteiger partial charge in [0, 0.05) is 25.9 Å². The summed E-state index contributed by atoms with van der Waals surface area (Å²) < 4.78 is 0. The van der Waals surface area contributed by atoms with Crippen LogP contribution in [0.3, 0.4) is 0 Å². The molecule has 3 heterocycles. The summed E-state index contributed by atoms with van der Waals surface area (Å²) in [5.74, 6) is -13.6. The zero-order valence-electron chi connectivity index (χ0n) is 47.5. The average molecular weight is 1150 g/mol. The molecule has 11 N–H and O–H groups in total. The molecule has 25 nitrogen and oxygen atoms in total. The Morgan fingerprint density at radius 2 is 0.780 bits per heavy atom. The van der Waals surface area contributed by atoms with Crippen LogP contribution in [0, 0.1) is 17.8 Å². The number of hydrogen-bond acceptors (Lipinski definition) is 13. The largest absolute Gasteiger partial charge is 0.481 e. The molecule has 25 heteroatoms. The number of carboxylic acid groups (broad SMARTS) is 2. The first-order valence-corrected chi connectivity index (χ1v) is 28.0. The van der Waals surface area contributed by atoms with Crippen molar-refractivity contribution in [1.82, 2.24) is 52.3 Å². The van der Waals surface area contributed by atoms with Crippen LogP contribution in [0.15, 0.2) is 60.7 Å². The fourth-order valence-corrected chi connectivity index (χ4v) is 10.3. The van der Waals surface area contributed by atoms with Crippen LogP contribution in [-0.4, -0.2) is 176 Å². The second kappa shape index (κ2) is 30.2. The van der Waals surface area contributed by atoms with E-state index in [0.29, 0.717) is 17.5 Å². The second-order valence-corrected chi connectivity index (χ2v) is 22.5. The summed E-state index contributed by atoms with van der Waals surface area (Å²) >= 11 is 0. The second-order valence-electron chi connectivity index (χ2n) is 22.5. The summed E-state index contributed by atoms with van der Waals surface area (Å²) in [7, 11) is 0. The summed E-state index contributed by atoms with van der Waals surface area (Å²) in [6.07, 6.45) is -3.20. The van der Waals surface area contributed by atoms with Gasteiger partial charge in [-0.2, -0.15) is 0 Å². The molecule has 82 heavy (non-hydrogen) atoms. The Kier molecular flexibility index (Phi) is 23.9. The van der Waals surface area contributed by atoms with Crippen molar-refractivity contribution in [2.24, 2.45) is 17.8 Å². The molecule has 2 aromatic rings. The number of carboxylic acids is 2. The van der Waals surface area contributed by atoms with Crippen LogP contribution in [0.4, 0.5) is 0 Å². The number of aliphatic carboxylic acids is 2. The Morgan fingerprint density at radius 3 is 1.12 bits per heavy atom. The lowest BCUT2D eigenvalue weighted by atomic mass is 9.99. The van der Waals surface area contributed by atoms with Crippen LogP contribution in [0.25, 0.3) is 0 Å². The lowest BCUT2D eigenvalue weighted by Gasteiger charge is -2.32. The first-order chi connectivity index (χ1) is 38.7. The summed E-state index contributed by atoms with van der Waals surface area (Å²) in [5.41, 5.74) is 1.18. The molecule has 448 valence electrons. The molecule has 0 unspecified atom stereocenters. The minimum Gasteiger partial charge on any atom is -0.481 e. The van der Waals surface area contributed by atoms with Crippen molar-refractivity contribution in [3.63, 3.8) is 0 Å². The molecule has 0 bridgehead atoms. The van der Waals surface area contributed by atoms with Gasteiger partial charge in [-0.25, -0.2) is 0 Å². The van der Waals surface area contributed by atoms with E-state index in [1.807, 2.05) is 0 Å². The van der Waals surface area contributed by atoms with Gasteiger partial charge in [0.15, 0.2) is 0 Å². The molecule has 0 spiro atoms. The van der Waals surface area contributed by atoms with E-state index in [1.54, 1.807) is 102 Å². The number of benzene rings is 2. The third-order valence-corrected chi connectivity index (χ3v) is 14.5. The van der Waals surface area contributed by atoms with Crippen molar-refractivity contribution >= 4 is 71.0 Å². The number of hydrogen-bond donors (Lipinski definition) is 11. The molecule has 3 aliphatic rings. The standard InChI is InChI=1S/C57H80N10O15/c1-30(2)24-36-48(73)63-41(27-35-18-12-9-13-19-35)57(82)67-23-15-21-43(67)53(78)65-47(33(7)68)55(80)61-39(29-45(71)72)51(76)59-37(25-31(3)4)49(74)62-40(26-34-16-10-8-11-17-34)56(81)66-22-14-20-42(66)52(77)64-46(32(5)6)54(79)60-38(28-44(69)70)50(75)58-36/h8-13,16-19,30-33,36-43,46-47,68H,14-15,20-29H2,1-7H3,(H,58,75)(H,59,76)(H,60,79)(H,61,80)(H,62,74)(H,63,73)(H,64,77)(H,65,78)(H,69,70)(H,71,72)/t33-,36+,37+,38+,39+,40-,41-,42+,43+,46+,47+/m1/s1. The van der Waals surface area contributed by atoms with Gasteiger partial charge in [-0.1, -0.05) is 102 Å². The number of carbonyl (C=O) groups excluding carboxylic acids is 10. The Balaban J connectivity index is 1.59. The van der Waals surface area contributed by atoms with E-state index in [2.05, 4.69) is 42.5 Å². The van der Waals surface area contributed by atoms with Gasteiger partial charge in [-0.15, -0.1) is 0 Å². The van der Waals surface area contributed by atoms with Crippen LogP contribution in [0.1, 0.15) is 111 Å². The maximum Gasteiger partial charge on any atom is 0.305 e. The van der Waals surface area contributed by atoms with E-state index in [4.69, 9.17) is 0 Å². The van der Waals surface area contributed by atoms with Gasteiger partial charge in [-0.3, -0.25) is 57.5 Å². The van der Waals surface area contributed by atoms with E-state index in [0.717, 1.165) is 6.92 Å². The molecule has 11 atom stereocenters. The molecule has 2 aromatic carbocycles.